The van der Waals surface area contributed by atoms with Gasteiger partial charge in [0.1, 0.15) is 24.5 Å². The molecule has 1 aromatic heterocycles. The van der Waals surface area contributed by atoms with E-state index in [4.69, 9.17) is 14.2 Å². The molecule has 3 aromatic rings. The molecule has 1 saturated carbocycles. The van der Waals surface area contributed by atoms with Crippen LogP contribution in [0, 0.1) is 19.8 Å². The molecule has 4 aliphatic heterocycles. The highest BCUT2D eigenvalue weighted by atomic mass is 16.6. The summed E-state index contributed by atoms with van der Waals surface area (Å²) in [4.78, 5) is 53.7. The lowest BCUT2D eigenvalue weighted by Gasteiger charge is -2.47. The van der Waals surface area contributed by atoms with E-state index in [1.165, 1.54) is 11.1 Å². The summed E-state index contributed by atoms with van der Waals surface area (Å²) in [6.07, 6.45) is 6.42. The van der Waals surface area contributed by atoms with Gasteiger partial charge in [0, 0.05) is 43.7 Å². The number of ether oxygens (including phenoxy) is 3. The van der Waals surface area contributed by atoms with Gasteiger partial charge >= 0.3 is 5.97 Å². The maximum Gasteiger partial charge on any atom is 0.336 e. The highest BCUT2D eigenvalue weighted by Crippen LogP contribution is 2.36. The van der Waals surface area contributed by atoms with Gasteiger partial charge in [-0.05, 0) is 99.2 Å². The van der Waals surface area contributed by atoms with E-state index in [1.54, 1.807) is 30.5 Å². The van der Waals surface area contributed by atoms with Crippen LogP contribution >= 0.6 is 0 Å². The number of carbonyl (C=O) groups excluding carboxylic acids is 3. The van der Waals surface area contributed by atoms with Crippen molar-refractivity contribution in [1.29, 1.82) is 0 Å². The molecule has 6 bridgehead atoms. The van der Waals surface area contributed by atoms with Crippen LogP contribution in [-0.2, 0) is 30.4 Å². The SMILES string of the molecule is Cc1cc2cc(C)c1OCCCCC(NC(=O)C1CCCOC1)c1cccc(c1)/C=C/CC1(C(=O)O)C[C@H](O)C(NC(=O)Cn3cc(C4CCCCC4)nn3)C(O1)[C@H](O)[C@H](O)CNC2=O. The number of nitrogens with one attached hydrogen (secondary N) is 3. The van der Waals surface area contributed by atoms with Crippen LogP contribution in [0.2, 0.25) is 0 Å². The summed E-state index contributed by atoms with van der Waals surface area (Å²) < 4.78 is 19.5. The molecule has 3 amide bonds. The molecule has 2 aromatic carbocycles. The number of amides is 3. The second-order valence-corrected chi connectivity index (χ2v) is 18.2. The largest absolute Gasteiger partial charge is 0.493 e. The van der Waals surface area contributed by atoms with Gasteiger partial charge in [-0.3, -0.25) is 14.4 Å². The molecule has 8 rings (SSSR count). The quantitative estimate of drug-likeness (QED) is 0.179. The number of aliphatic carboxylic acids is 1. The van der Waals surface area contributed by atoms with Crippen LogP contribution in [0.15, 0.2) is 48.7 Å². The summed E-state index contributed by atoms with van der Waals surface area (Å²) >= 11 is 0. The van der Waals surface area contributed by atoms with E-state index in [9.17, 15) is 39.6 Å². The number of carboxylic acid groups (broad SMARTS) is 1. The first-order valence-corrected chi connectivity index (χ1v) is 23.1. The topological polar surface area (TPSA) is 244 Å². The van der Waals surface area contributed by atoms with Crippen LogP contribution in [0.3, 0.4) is 0 Å². The minimum Gasteiger partial charge on any atom is -0.493 e. The molecule has 0 spiro atoms. The zero-order valence-corrected chi connectivity index (χ0v) is 37.3. The predicted molar refractivity (Wildman–Crippen MR) is 238 cm³/mol. The Bertz CT molecular complexity index is 2140. The van der Waals surface area contributed by atoms with Gasteiger partial charge in [-0.1, -0.05) is 54.8 Å². The average molecular weight is 901 g/mol. The van der Waals surface area contributed by atoms with Gasteiger partial charge in [-0.25, -0.2) is 9.48 Å². The van der Waals surface area contributed by atoms with Crippen LogP contribution in [0.1, 0.15) is 127 Å². The normalized spacial score (nSPS) is 29.1. The molecule has 65 heavy (non-hydrogen) atoms. The third-order valence-electron chi connectivity index (χ3n) is 13.2. The highest BCUT2D eigenvalue weighted by molar-refractivity contribution is 5.95. The number of aromatic nitrogens is 3. The Kier molecular flexibility index (Phi) is 16.1. The molecule has 5 heterocycles. The molecular formula is C48H64N6O11. The fraction of sp³-hybridized carbons (Fsp3) is 0.583. The summed E-state index contributed by atoms with van der Waals surface area (Å²) in [5, 5.41) is 62.6. The molecule has 3 fully saturated rings. The van der Waals surface area contributed by atoms with E-state index in [0.717, 1.165) is 72.9 Å². The standard InChI is InChI=1S/C48H64N6O11/c1-29-21-35-22-30(2)43(29)64-20-7-6-17-36(50-46(60)34-16-10-19-63-28-34)33-15-8-11-31(23-33)12-9-18-48(47(61)62)24-38(55)41(44(65-48)42(58)39(56)25-49-45(35)59)51-40(57)27-54-26-37(52-53-54)32-13-4-3-5-14-32/h8-9,11-12,15,21-23,26,32,34,36,38-39,41-42,44,55-56,58H,3-7,10,13-14,16-20,24-25,27-28H2,1-2H3,(H,49,59)(H,50,60)(H,51,57)(H,61,62)/b12-9+/t34?,36?,38-,39+,41?,42+,44?,48?/m0/s1. The van der Waals surface area contributed by atoms with Crippen LogP contribution in [0.5, 0.6) is 5.75 Å². The Morgan fingerprint density at radius 2 is 1.69 bits per heavy atom. The first-order valence-electron chi connectivity index (χ1n) is 23.1. The lowest BCUT2D eigenvalue weighted by atomic mass is 9.81. The number of rotatable bonds is 7. The average Bonchev–Trinajstić information content (AvgIpc) is 3.77. The second kappa shape index (κ2) is 21.9. The molecule has 7 N–H and O–H groups in total. The number of aryl methyl sites for hydroxylation is 2. The van der Waals surface area contributed by atoms with Crippen molar-refractivity contribution in [2.75, 3.05) is 26.4 Å². The summed E-state index contributed by atoms with van der Waals surface area (Å²) in [6.45, 7) is 4.32. The number of hydrogen-bond donors (Lipinski definition) is 7. The molecule has 8 atom stereocenters. The Balaban J connectivity index is 1.16. The van der Waals surface area contributed by atoms with Crippen LogP contribution in [0.4, 0.5) is 0 Å². The van der Waals surface area contributed by atoms with E-state index < -0.39 is 66.8 Å². The third-order valence-corrected chi connectivity index (χ3v) is 13.2. The molecule has 2 saturated heterocycles. The summed E-state index contributed by atoms with van der Waals surface area (Å²) in [7, 11) is 0. The van der Waals surface area contributed by atoms with E-state index in [2.05, 4.69) is 26.3 Å². The van der Waals surface area contributed by atoms with Crippen molar-refractivity contribution in [3.05, 3.63) is 82.2 Å². The predicted octanol–water partition coefficient (Wildman–Crippen LogP) is 3.80. The number of fused-ring (bicyclic) bond motifs is 12. The zero-order chi connectivity index (χ0) is 46.1. The van der Waals surface area contributed by atoms with Crippen molar-refractivity contribution in [3.63, 3.8) is 0 Å². The molecule has 5 unspecified atom stereocenters. The maximum atomic E-state index is 13.6. The van der Waals surface area contributed by atoms with Crippen LogP contribution in [-0.4, -0.2) is 122 Å². The third kappa shape index (κ3) is 12.0. The fourth-order valence-corrected chi connectivity index (χ4v) is 9.63. The highest BCUT2D eigenvalue weighted by Gasteiger charge is 2.54. The van der Waals surface area contributed by atoms with Gasteiger partial charge in [-0.2, -0.15) is 0 Å². The van der Waals surface area contributed by atoms with E-state index in [1.807, 2.05) is 38.1 Å². The Morgan fingerprint density at radius 3 is 2.43 bits per heavy atom. The fourth-order valence-electron chi connectivity index (χ4n) is 9.63. The Morgan fingerprint density at radius 1 is 0.923 bits per heavy atom. The maximum absolute atomic E-state index is 13.6. The first kappa shape index (κ1) is 47.8. The van der Waals surface area contributed by atoms with Crippen molar-refractivity contribution in [1.82, 2.24) is 30.9 Å². The van der Waals surface area contributed by atoms with Crippen LogP contribution < -0.4 is 20.7 Å². The van der Waals surface area contributed by atoms with Gasteiger partial charge in [0.25, 0.3) is 5.91 Å². The second-order valence-electron chi connectivity index (χ2n) is 18.2. The molecule has 352 valence electrons. The number of carboxylic acids is 1. The molecule has 5 aliphatic rings. The summed E-state index contributed by atoms with van der Waals surface area (Å²) in [6, 6.07) is 9.21. The molecular weight excluding hydrogens is 837 g/mol. The number of hydrogen-bond acceptors (Lipinski definition) is 12. The van der Waals surface area contributed by atoms with Crippen molar-refractivity contribution in [2.45, 2.75) is 145 Å². The number of nitrogens with zero attached hydrogens (tertiary/aromatic N) is 3. The van der Waals surface area contributed by atoms with Crippen LogP contribution in [0.25, 0.3) is 6.08 Å². The summed E-state index contributed by atoms with van der Waals surface area (Å²) in [5.74, 6) is -2.01. The molecule has 0 radical (unpaired) electrons. The van der Waals surface area contributed by atoms with Crippen molar-refractivity contribution >= 4 is 29.8 Å². The van der Waals surface area contributed by atoms with Gasteiger partial charge < -0.3 is 50.6 Å². The molecule has 17 nitrogen and oxygen atoms in total. The van der Waals surface area contributed by atoms with E-state index >= 15 is 0 Å². The summed E-state index contributed by atoms with van der Waals surface area (Å²) in [5.41, 5.74) is 2.01. The minimum atomic E-state index is -2.10. The van der Waals surface area contributed by atoms with Gasteiger partial charge in [0.15, 0.2) is 5.60 Å². The Labute approximate surface area is 379 Å². The molecule has 1 aliphatic carbocycles. The lowest BCUT2D eigenvalue weighted by molar-refractivity contribution is -0.226. The number of aliphatic hydroxyl groups is 3. The smallest absolute Gasteiger partial charge is 0.336 e. The van der Waals surface area contributed by atoms with Gasteiger partial charge in [0.2, 0.25) is 11.8 Å². The number of carbonyl (C=O) groups is 4. The van der Waals surface area contributed by atoms with E-state index in [0.29, 0.717) is 44.0 Å². The Hall–Kier alpha value is -5.20. The first-order chi connectivity index (χ1) is 31.3. The number of benzene rings is 2. The number of aliphatic hydroxyl groups excluding tert-OH is 3. The monoisotopic (exact) mass is 900 g/mol. The van der Waals surface area contributed by atoms with Crippen molar-refractivity contribution in [2.24, 2.45) is 5.92 Å². The van der Waals surface area contributed by atoms with Crippen molar-refractivity contribution in [3.8, 4) is 5.75 Å². The lowest BCUT2D eigenvalue weighted by Crippen LogP contribution is -2.67. The molecule has 17 heteroatoms. The van der Waals surface area contributed by atoms with Gasteiger partial charge in [-0.15, -0.1) is 5.10 Å². The van der Waals surface area contributed by atoms with E-state index in [-0.39, 0.29) is 36.8 Å². The minimum absolute atomic E-state index is 0.0784. The van der Waals surface area contributed by atoms with Crippen molar-refractivity contribution < 1.29 is 53.8 Å². The zero-order valence-electron chi connectivity index (χ0n) is 37.3. The van der Waals surface area contributed by atoms with Gasteiger partial charge in [0.05, 0.1) is 49.1 Å².